The van der Waals surface area contributed by atoms with Crippen molar-refractivity contribution in [2.24, 2.45) is 0 Å². The van der Waals surface area contributed by atoms with Crippen LogP contribution in [0.1, 0.15) is 50.1 Å². The summed E-state index contributed by atoms with van der Waals surface area (Å²) in [6, 6.07) is 12.7. The molecule has 0 aliphatic carbocycles. The fourth-order valence-corrected chi connectivity index (χ4v) is 3.76. The summed E-state index contributed by atoms with van der Waals surface area (Å²) in [6.45, 7) is 0.545. The van der Waals surface area contributed by atoms with E-state index < -0.39 is 12.0 Å². The molecule has 148 valence electrons. The molecule has 3 rings (SSSR count). The Balaban J connectivity index is 1.77. The van der Waals surface area contributed by atoms with Crippen LogP contribution >= 0.6 is 0 Å². The van der Waals surface area contributed by atoms with Crippen LogP contribution in [0.4, 0.5) is 0 Å². The molecular formula is C22H26N2O4. The van der Waals surface area contributed by atoms with Gasteiger partial charge in [-0.1, -0.05) is 55.3 Å². The van der Waals surface area contributed by atoms with Crippen LogP contribution < -0.4 is 5.32 Å². The number of likely N-dealkylation sites (tertiary alicyclic amines) is 1. The van der Waals surface area contributed by atoms with E-state index >= 15 is 0 Å². The van der Waals surface area contributed by atoms with Crippen molar-refractivity contribution in [3.05, 3.63) is 48.0 Å². The topological polar surface area (TPSA) is 86.7 Å². The molecule has 2 aromatic rings. The van der Waals surface area contributed by atoms with E-state index in [1.54, 1.807) is 4.90 Å². The average molecular weight is 382 g/mol. The molecule has 2 amide bonds. The van der Waals surface area contributed by atoms with E-state index in [0.717, 1.165) is 42.0 Å². The highest BCUT2D eigenvalue weighted by atomic mass is 16.4. The van der Waals surface area contributed by atoms with Gasteiger partial charge in [-0.2, -0.15) is 0 Å². The molecule has 1 aliphatic heterocycles. The summed E-state index contributed by atoms with van der Waals surface area (Å²) in [7, 11) is 0. The summed E-state index contributed by atoms with van der Waals surface area (Å²) in [5.41, 5.74) is 0.771. The number of carbonyl (C=O) groups is 3. The number of carbonyl (C=O) groups excluding carboxylic acids is 2. The number of hydrogen-bond donors (Lipinski definition) is 2. The molecule has 0 unspecified atom stereocenters. The average Bonchev–Trinajstić information content (AvgIpc) is 2.66. The van der Waals surface area contributed by atoms with E-state index in [4.69, 9.17) is 0 Å². The van der Waals surface area contributed by atoms with Crippen molar-refractivity contribution in [2.75, 3.05) is 13.1 Å². The molecule has 6 nitrogen and oxygen atoms in total. The van der Waals surface area contributed by atoms with E-state index in [0.29, 0.717) is 13.0 Å². The molecule has 1 saturated heterocycles. The van der Waals surface area contributed by atoms with Crippen molar-refractivity contribution < 1.29 is 19.5 Å². The minimum Gasteiger partial charge on any atom is -0.481 e. The van der Waals surface area contributed by atoms with Crippen molar-refractivity contribution in [3.63, 3.8) is 0 Å². The van der Waals surface area contributed by atoms with Gasteiger partial charge in [-0.05, 0) is 29.2 Å². The van der Waals surface area contributed by atoms with Crippen molar-refractivity contribution in [1.29, 1.82) is 0 Å². The minimum absolute atomic E-state index is 0.00482. The summed E-state index contributed by atoms with van der Waals surface area (Å²) >= 11 is 0. The molecule has 1 atom stereocenters. The molecule has 1 aliphatic rings. The number of rotatable bonds is 6. The van der Waals surface area contributed by atoms with Crippen LogP contribution in [0, 0.1) is 0 Å². The fraction of sp³-hybridized carbons (Fsp3) is 0.409. The fourth-order valence-electron chi connectivity index (χ4n) is 3.76. The van der Waals surface area contributed by atoms with E-state index in [-0.39, 0.29) is 24.8 Å². The van der Waals surface area contributed by atoms with E-state index in [1.807, 2.05) is 42.5 Å². The summed E-state index contributed by atoms with van der Waals surface area (Å²) < 4.78 is 0. The SMILES string of the molecule is O=C(O)C[C@@H](NC(=O)CN1CCCCCCC1=O)c1cccc2ccccc12. The number of carboxylic acid groups (broad SMARTS) is 1. The van der Waals surface area contributed by atoms with E-state index in [2.05, 4.69) is 5.32 Å². The predicted molar refractivity (Wildman–Crippen MR) is 107 cm³/mol. The standard InChI is InChI=1S/C22H26N2O4/c25-20(15-24-13-6-2-1-3-12-21(24)26)23-19(14-22(27)28)18-11-7-9-16-8-4-5-10-17(16)18/h4-5,7-11,19H,1-3,6,12-15H2,(H,23,25)(H,27,28)/t19-/m1/s1. The zero-order valence-corrected chi connectivity index (χ0v) is 15.9. The first-order chi connectivity index (χ1) is 13.5. The number of aliphatic carboxylic acids is 1. The Bertz CT molecular complexity index is 859. The number of benzene rings is 2. The Morgan fingerprint density at radius 1 is 1.04 bits per heavy atom. The van der Waals surface area contributed by atoms with Crippen LogP contribution in [0.15, 0.2) is 42.5 Å². The van der Waals surface area contributed by atoms with Crippen LogP contribution in [0.5, 0.6) is 0 Å². The largest absolute Gasteiger partial charge is 0.481 e. The van der Waals surface area contributed by atoms with Crippen molar-refractivity contribution in [1.82, 2.24) is 10.2 Å². The maximum Gasteiger partial charge on any atom is 0.305 e. The highest BCUT2D eigenvalue weighted by Crippen LogP contribution is 2.26. The molecule has 0 saturated carbocycles. The second kappa shape index (κ2) is 9.35. The molecule has 0 radical (unpaired) electrons. The van der Waals surface area contributed by atoms with Gasteiger partial charge in [-0.15, -0.1) is 0 Å². The van der Waals surface area contributed by atoms with E-state index in [1.165, 1.54) is 0 Å². The second-order valence-corrected chi connectivity index (χ2v) is 7.27. The van der Waals surface area contributed by atoms with Crippen LogP contribution in [-0.2, 0) is 14.4 Å². The number of carboxylic acids is 1. The maximum absolute atomic E-state index is 12.7. The van der Waals surface area contributed by atoms with E-state index in [9.17, 15) is 19.5 Å². The third-order valence-corrected chi connectivity index (χ3v) is 5.17. The Morgan fingerprint density at radius 3 is 2.61 bits per heavy atom. The second-order valence-electron chi connectivity index (χ2n) is 7.27. The number of fused-ring (bicyclic) bond motifs is 1. The molecule has 0 aromatic heterocycles. The molecule has 1 heterocycles. The van der Waals surface area contributed by atoms with Gasteiger partial charge in [0, 0.05) is 13.0 Å². The monoisotopic (exact) mass is 382 g/mol. The molecule has 1 fully saturated rings. The molecule has 2 aromatic carbocycles. The van der Waals surface area contributed by atoms with Gasteiger partial charge in [-0.25, -0.2) is 0 Å². The van der Waals surface area contributed by atoms with Gasteiger partial charge in [0.1, 0.15) is 0 Å². The molecule has 2 N–H and O–H groups in total. The number of nitrogens with one attached hydrogen (secondary N) is 1. The molecule has 28 heavy (non-hydrogen) atoms. The summed E-state index contributed by atoms with van der Waals surface area (Å²) in [4.78, 5) is 37.9. The van der Waals surface area contributed by atoms with Gasteiger partial charge in [0.2, 0.25) is 11.8 Å². The summed E-state index contributed by atoms with van der Waals surface area (Å²) in [6.07, 6.45) is 4.11. The molecular weight excluding hydrogens is 356 g/mol. The van der Waals surface area contributed by atoms with Crippen molar-refractivity contribution in [3.8, 4) is 0 Å². The molecule has 6 heteroatoms. The third-order valence-electron chi connectivity index (χ3n) is 5.17. The first-order valence-electron chi connectivity index (χ1n) is 9.81. The highest BCUT2D eigenvalue weighted by Gasteiger charge is 2.23. The minimum atomic E-state index is -0.986. The van der Waals surface area contributed by atoms with Gasteiger partial charge >= 0.3 is 5.97 Å². The lowest BCUT2D eigenvalue weighted by Crippen LogP contribution is -2.43. The van der Waals surface area contributed by atoms with Gasteiger partial charge in [-0.3, -0.25) is 14.4 Å². The van der Waals surface area contributed by atoms with Gasteiger partial charge < -0.3 is 15.3 Å². The first-order valence-corrected chi connectivity index (χ1v) is 9.81. The number of hydrogen-bond acceptors (Lipinski definition) is 3. The van der Waals surface area contributed by atoms with Crippen molar-refractivity contribution >= 4 is 28.6 Å². The zero-order chi connectivity index (χ0) is 19.9. The van der Waals surface area contributed by atoms with Crippen molar-refractivity contribution in [2.45, 2.75) is 44.6 Å². The normalized spacial score (nSPS) is 16.3. The number of nitrogens with zero attached hydrogens (tertiary/aromatic N) is 1. The summed E-state index contributed by atoms with van der Waals surface area (Å²) in [5.74, 6) is -1.32. The highest BCUT2D eigenvalue weighted by molar-refractivity contribution is 5.89. The number of amides is 2. The van der Waals surface area contributed by atoms with Gasteiger partial charge in [0.15, 0.2) is 0 Å². The van der Waals surface area contributed by atoms with Crippen LogP contribution in [0.2, 0.25) is 0 Å². The maximum atomic E-state index is 12.7. The third kappa shape index (κ3) is 5.09. The molecule has 0 spiro atoms. The zero-order valence-electron chi connectivity index (χ0n) is 15.9. The van der Waals surface area contributed by atoms with Crippen LogP contribution in [0.25, 0.3) is 10.8 Å². The van der Waals surface area contributed by atoms with Gasteiger partial charge in [0.25, 0.3) is 0 Å². The smallest absolute Gasteiger partial charge is 0.305 e. The Hall–Kier alpha value is -2.89. The quantitative estimate of drug-likeness (QED) is 0.803. The van der Waals surface area contributed by atoms with Crippen LogP contribution in [0.3, 0.4) is 0 Å². The first kappa shape index (κ1) is 19.9. The lowest BCUT2D eigenvalue weighted by Gasteiger charge is -2.26. The summed E-state index contributed by atoms with van der Waals surface area (Å²) in [5, 5.41) is 14.1. The Labute approximate surface area is 164 Å². The lowest BCUT2D eigenvalue weighted by atomic mass is 9.96. The molecule has 0 bridgehead atoms. The Morgan fingerprint density at radius 2 is 1.79 bits per heavy atom. The van der Waals surface area contributed by atoms with Crippen LogP contribution in [-0.4, -0.2) is 40.9 Å². The Kier molecular flexibility index (Phi) is 6.63. The lowest BCUT2D eigenvalue weighted by molar-refractivity contribution is -0.139. The predicted octanol–water partition coefficient (Wildman–Crippen LogP) is 3.26. The van der Waals surface area contributed by atoms with Gasteiger partial charge in [0.05, 0.1) is 19.0 Å².